The molecule has 0 spiro atoms. The molecular weight excluding hydrogens is 276 g/mol. The van der Waals surface area contributed by atoms with Gasteiger partial charge in [0, 0.05) is 20.0 Å². The molecule has 20 heavy (non-hydrogen) atoms. The highest BCUT2D eigenvalue weighted by Crippen LogP contribution is 2.28. The molecule has 0 atom stereocenters. The predicted octanol–water partition coefficient (Wildman–Crippen LogP) is 3.16. The Hall–Kier alpha value is -1.43. The summed E-state index contributed by atoms with van der Waals surface area (Å²) in [5, 5.41) is 9.77. The van der Waals surface area contributed by atoms with Crippen LogP contribution in [0.15, 0.2) is 0 Å². The van der Waals surface area contributed by atoms with E-state index in [1.54, 1.807) is 0 Å². The van der Waals surface area contributed by atoms with Crippen molar-refractivity contribution in [3.05, 3.63) is 10.6 Å². The van der Waals surface area contributed by atoms with Crippen LogP contribution in [0, 0.1) is 11.8 Å². The Kier molecular flexibility index (Phi) is 5.68. The number of carbonyl (C=O) groups is 2. The van der Waals surface area contributed by atoms with Crippen LogP contribution in [0.2, 0.25) is 0 Å². The minimum Gasteiger partial charge on any atom is -0.476 e. The summed E-state index contributed by atoms with van der Waals surface area (Å²) in [5.74, 6) is -0.523. The fraction of sp³-hybridized carbons (Fsp3) is 0.643. The van der Waals surface area contributed by atoms with E-state index in [1.807, 2.05) is 0 Å². The first kappa shape index (κ1) is 16.6. The van der Waals surface area contributed by atoms with Gasteiger partial charge in [-0.15, -0.1) is 0 Å². The number of Topliss-reactive ketones (excluding diaryl/α,β-unsaturated/α-hetero) is 1. The number of hydrogen-bond acceptors (Lipinski definition) is 5. The maximum Gasteiger partial charge on any atom is 0.356 e. The summed E-state index contributed by atoms with van der Waals surface area (Å²) in [6.07, 6.45) is 0. The zero-order chi connectivity index (χ0) is 15.4. The van der Waals surface area contributed by atoms with Gasteiger partial charge in [0.15, 0.2) is 16.6 Å². The average molecular weight is 298 g/mol. The first-order valence-electron chi connectivity index (χ1n) is 6.72. The van der Waals surface area contributed by atoms with Crippen LogP contribution in [0.1, 0.15) is 54.8 Å². The maximum absolute atomic E-state index is 11.5. The number of nitrogens with zero attached hydrogens (tertiary/aromatic N) is 2. The monoisotopic (exact) mass is 298 g/mol. The van der Waals surface area contributed by atoms with Crippen LogP contribution in [0.3, 0.4) is 0 Å². The van der Waals surface area contributed by atoms with Crippen LogP contribution in [0.4, 0.5) is 5.13 Å². The first-order chi connectivity index (χ1) is 9.22. The number of carboxylic acids is 1. The summed E-state index contributed by atoms with van der Waals surface area (Å²) in [4.78, 5) is 29.2. The highest BCUT2D eigenvalue weighted by molar-refractivity contribution is 7.17. The number of aromatic nitrogens is 1. The van der Waals surface area contributed by atoms with Crippen LogP contribution in [0.5, 0.6) is 0 Å². The molecule has 0 aliphatic carbocycles. The lowest BCUT2D eigenvalue weighted by Crippen LogP contribution is -2.31. The van der Waals surface area contributed by atoms with Crippen molar-refractivity contribution in [2.45, 2.75) is 34.6 Å². The van der Waals surface area contributed by atoms with Gasteiger partial charge in [-0.2, -0.15) is 0 Å². The van der Waals surface area contributed by atoms with Crippen molar-refractivity contribution in [2.24, 2.45) is 11.8 Å². The molecule has 1 N–H and O–H groups in total. The number of ketones is 1. The normalized spacial score (nSPS) is 11.2. The highest BCUT2D eigenvalue weighted by Gasteiger charge is 2.23. The Bertz CT molecular complexity index is 453. The minimum absolute atomic E-state index is 0.130. The lowest BCUT2D eigenvalue weighted by molar-refractivity contribution is 0.0687. The number of carboxylic acid groups (broad SMARTS) is 1. The molecule has 0 unspecified atom stereocenters. The third kappa shape index (κ3) is 4.30. The lowest BCUT2D eigenvalue weighted by atomic mass is 10.1. The molecule has 0 aliphatic rings. The van der Waals surface area contributed by atoms with Crippen molar-refractivity contribution in [3.63, 3.8) is 0 Å². The minimum atomic E-state index is -1.15. The van der Waals surface area contributed by atoms with Gasteiger partial charge in [-0.1, -0.05) is 39.0 Å². The molecule has 1 heterocycles. The van der Waals surface area contributed by atoms with Gasteiger partial charge < -0.3 is 10.0 Å². The molecule has 1 rings (SSSR count). The SMILES string of the molecule is CC(=O)c1sc(N(CC(C)C)CC(C)C)nc1C(=O)O. The summed E-state index contributed by atoms with van der Waals surface area (Å²) < 4.78 is 0. The van der Waals surface area contributed by atoms with Crippen molar-refractivity contribution in [1.29, 1.82) is 0 Å². The molecule has 6 heteroatoms. The quantitative estimate of drug-likeness (QED) is 0.783. The molecule has 0 bridgehead atoms. The van der Waals surface area contributed by atoms with E-state index in [1.165, 1.54) is 18.3 Å². The number of anilines is 1. The Morgan fingerprint density at radius 1 is 1.20 bits per heavy atom. The van der Waals surface area contributed by atoms with Crippen molar-refractivity contribution in [3.8, 4) is 0 Å². The second-order valence-corrected chi connectivity index (χ2v) is 6.71. The molecule has 0 amide bonds. The predicted molar refractivity (Wildman–Crippen MR) is 81.0 cm³/mol. The zero-order valence-electron chi connectivity index (χ0n) is 12.6. The number of hydrogen-bond donors (Lipinski definition) is 1. The van der Waals surface area contributed by atoms with Crippen LogP contribution in [-0.2, 0) is 0 Å². The standard InChI is InChI=1S/C14H22N2O3S/c1-8(2)6-16(7-9(3)4)14-15-11(13(18)19)12(20-14)10(5)17/h8-9H,6-7H2,1-5H3,(H,18,19). The fourth-order valence-corrected chi connectivity index (χ4v) is 2.91. The molecular formula is C14H22N2O3S. The van der Waals surface area contributed by atoms with Gasteiger partial charge in [-0.05, 0) is 11.8 Å². The maximum atomic E-state index is 11.5. The smallest absolute Gasteiger partial charge is 0.356 e. The van der Waals surface area contributed by atoms with E-state index >= 15 is 0 Å². The van der Waals surface area contributed by atoms with Crippen molar-refractivity contribution >= 4 is 28.2 Å². The van der Waals surface area contributed by atoms with Crippen LogP contribution in [-0.4, -0.2) is 34.9 Å². The summed E-state index contributed by atoms with van der Waals surface area (Å²) in [5.41, 5.74) is -0.130. The molecule has 1 aromatic rings. The molecule has 0 saturated carbocycles. The summed E-state index contributed by atoms with van der Waals surface area (Å²) >= 11 is 1.17. The van der Waals surface area contributed by atoms with Crippen LogP contribution < -0.4 is 4.90 Å². The van der Waals surface area contributed by atoms with E-state index in [2.05, 4.69) is 37.6 Å². The number of carbonyl (C=O) groups excluding carboxylic acids is 1. The largest absolute Gasteiger partial charge is 0.476 e. The number of thiazole rings is 1. The number of aromatic carboxylic acids is 1. The van der Waals surface area contributed by atoms with E-state index < -0.39 is 5.97 Å². The molecule has 0 saturated heterocycles. The third-order valence-corrected chi connectivity index (χ3v) is 3.80. The van der Waals surface area contributed by atoms with Gasteiger partial charge in [0.25, 0.3) is 0 Å². The second kappa shape index (κ2) is 6.83. The van der Waals surface area contributed by atoms with Gasteiger partial charge in [0.1, 0.15) is 4.88 Å². The molecule has 0 fully saturated rings. The van der Waals surface area contributed by atoms with Crippen molar-refractivity contribution < 1.29 is 14.7 Å². The fourth-order valence-electron chi connectivity index (χ4n) is 1.94. The highest BCUT2D eigenvalue weighted by atomic mass is 32.1. The van der Waals surface area contributed by atoms with Gasteiger partial charge in [-0.3, -0.25) is 4.79 Å². The Balaban J connectivity index is 3.16. The van der Waals surface area contributed by atoms with Crippen molar-refractivity contribution in [2.75, 3.05) is 18.0 Å². The molecule has 0 aliphatic heterocycles. The molecule has 112 valence electrons. The molecule has 0 radical (unpaired) electrons. The average Bonchev–Trinajstić information content (AvgIpc) is 2.71. The second-order valence-electron chi connectivity index (χ2n) is 5.73. The summed E-state index contributed by atoms with van der Waals surface area (Å²) in [7, 11) is 0. The van der Waals surface area contributed by atoms with Crippen LogP contribution in [0.25, 0.3) is 0 Å². The van der Waals surface area contributed by atoms with E-state index in [0.29, 0.717) is 17.0 Å². The van der Waals surface area contributed by atoms with Crippen LogP contribution >= 0.6 is 11.3 Å². The topological polar surface area (TPSA) is 70.5 Å². The first-order valence-corrected chi connectivity index (χ1v) is 7.54. The van der Waals surface area contributed by atoms with E-state index in [4.69, 9.17) is 5.11 Å². The van der Waals surface area contributed by atoms with E-state index in [9.17, 15) is 9.59 Å². The van der Waals surface area contributed by atoms with Gasteiger partial charge in [-0.25, -0.2) is 9.78 Å². The third-order valence-electron chi connectivity index (χ3n) is 2.58. The lowest BCUT2D eigenvalue weighted by Gasteiger charge is -2.25. The molecule has 0 aromatic carbocycles. The molecule has 1 aromatic heterocycles. The zero-order valence-corrected chi connectivity index (χ0v) is 13.5. The summed E-state index contributed by atoms with van der Waals surface area (Å²) in [6, 6.07) is 0. The molecule has 5 nitrogen and oxygen atoms in total. The van der Waals surface area contributed by atoms with Crippen molar-refractivity contribution in [1.82, 2.24) is 4.98 Å². The van der Waals surface area contributed by atoms with Gasteiger partial charge in [0.05, 0.1) is 0 Å². The summed E-state index contributed by atoms with van der Waals surface area (Å²) in [6.45, 7) is 11.4. The Labute approximate surface area is 123 Å². The Morgan fingerprint density at radius 2 is 1.70 bits per heavy atom. The number of rotatable bonds is 7. The van der Waals surface area contributed by atoms with E-state index in [-0.39, 0.29) is 16.4 Å². The van der Waals surface area contributed by atoms with E-state index in [0.717, 1.165) is 13.1 Å². The Morgan fingerprint density at radius 3 is 2.00 bits per heavy atom. The van der Waals surface area contributed by atoms with Gasteiger partial charge in [0.2, 0.25) is 0 Å². The van der Waals surface area contributed by atoms with Gasteiger partial charge >= 0.3 is 5.97 Å².